The molecule has 142 valence electrons. The lowest BCUT2D eigenvalue weighted by atomic mass is 10.2. The topological polar surface area (TPSA) is 90.7 Å². The number of hydrogen-bond donors (Lipinski definition) is 1. The monoisotopic (exact) mass is 390 g/mol. The van der Waals surface area contributed by atoms with Crippen molar-refractivity contribution in [2.75, 3.05) is 19.0 Å². The maximum absolute atomic E-state index is 12.1. The van der Waals surface area contributed by atoms with Gasteiger partial charge in [0, 0.05) is 17.8 Å². The zero-order chi connectivity index (χ0) is 19.8. The van der Waals surface area contributed by atoms with Crippen LogP contribution in [0.4, 0.5) is 11.4 Å². The summed E-state index contributed by atoms with van der Waals surface area (Å²) in [7, 11) is 1.54. The average molecular weight is 391 g/mol. The molecule has 0 atom stereocenters. The third-order valence-corrected chi connectivity index (χ3v) is 3.81. The molecule has 0 fully saturated rings. The van der Waals surface area contributed by atoms with Gasteiger partial charge in [-0.05, 0) is 42.3 Å². The number of ether oxygens (including phenoxy) is 2. The molecule has 0 bridgehead atoms. The summed E-state index contributed by atoms with van der Waals surface area (Å²) in [6.45, 7) is 2.60. The Balaban J connectivity index is 2.08. The lowest BCUT2D eigenvalue weighted by Gasteiger charge is -2.10. The van der Waals surface area contributed by atoms with Gasteiger partial charge in [0.15, 0.2) is 11.5 Å². The molecule has 0 saturated carbocycles. The highest BCUT2D eigenvalue weighted by Gasteiger charge is 2.13. The molecule has 2 aromatic carbocycles. The van der Waals surface area contributed by atoms with Gasteiger partial charge in [0.1, 0.15) is 5.02 Å². The van der Waals surface area contributed by atoms with E-state index >= 15 is 0 Å². The van der Waals surface area contributed by atoms with E-state index in [0.29, 0.717) is 18.1 Å². The van der Waals surface area contributed by atoms with Gasteiger partial charge in [-0.2, -0.15) is 0 Å². The van der Waals surface area contributed by atoms with Gasteiger partial charge in [-0.3, -0.25) is 14.9 Å². The molecule has 0 saturated heterocycles. The number of anilines is 1. The third-order valence-electron chi connectivity index (χ3n) is 3.49. The standard InChI is InChI=1S/C19H19ClN2O5/c1-3-10-27-17-8-4-13(11-18(17)26-2)5-9-19(23)21-14-6-7-15(20)16(12-14)22(24)25/h4-9,11-12H,3,10H2,1-2H3,(H,21,23)/b9-5+. The Kier molecular flexibility index (Phi) is 7.19. The van der Waals surface area contributed by atoms with Crippen LogP contribution >= 0.6 is 11.6 Å². The number of nitro groups is 1. The van der Waals surface area contributed by atoms with Gasteiger partial charge >= 0.3 is 0 Å². The minimum absolute atomic E-state index is 0.00557. The Hall–Kier alpha value is -3.06. The number of nitrogens with one attached hydrogen (secondary N) is 1. The first-order valence-electron chi connectivity index (χ1n) is 8.18. The predicted octanol–water partition coefficient (Wildman–Crippen LogP) is 4.70. The molecule has 2 aromatic rings. The summed E-state index contributed by atoms with van der Waals surface area (Å²) in [6.07, 6.45) is 3.81. The van der Waals surface area contributed by atoms with E-state index < -0.39 is 10.8 Å². The predicted molar refractivity (Wildman–Crippen MR) is 105 cm³/mol. The van der Waals surface area contributed by atoms with Crippen LogP contribution in [0.2, 0.25) is 5.02 Å². The van der Waals surface area contributed by atoms with Gasteiger partial charge in [-0.15, -0.1) is 0 Å². The molecule has 1 amide bonds. The molecule has 27 heavy (non-hydrogen) atoms. The molecule has 0 aromatic heterocycles. The van der Waals surface area contributed by atoms with E-state index in [1.54, 1.807) is 31.4 Å². The fourth-order valence-electron chi connectivity index (χ4n) is 2.21. The van der Waals surface area contributed by atoms with Gasteiger partial charge in [-0.1, -0.05) is 24.6 Å². The number of halogens is 1. The van der Waals surface area contributed by atoms with E-state index in [-0.39, 0.29) is 16.4 Å². The summed E-state index contributed by atoms with van der Waals surface area (Å²) in [5.41, 5.74) is 0.750. The van der Waals surface area contributed by atoms with Crippen molar-refractivity contribution in [1.82, 2.24) is 0 Å². The average Bonchev–Trinajstić information content (AvgIpc) is 2.66. The number of rotatable bonds is 8. The van der Waals surface area contributed by atoms with Crippen molar-refractivity contribution in [1.29, 1.82) is 0 Å². The summed E-state index contributed by atoms with van der Waals surface area (Å²) in [6, 6.07) is 9.38. The molecule has 0 aliphatic rings. The molecule has 8 heteroatoms. The van der Waals surface area contributed by atoms with Crippen molar-refractivity contribution >= 4 is 35.0 Å². The van der Waals surface area contributed by atoms with E-state index in [9.17, 15) is 14.9 Å². The van der Waals surface area contributed by atoms with Crippen LogP contribution in [0.1, 0.15) is 18.9 Å². The van der Waals surface area contributed by atoms with Crippen LogP contribution in [-0.4, -0.2) is 24.5 Å². The molecule has 7 nitrogen and oxygen atoms in total. The lowest BCUT2D eigenvalue weighted by Crippen LogP contribution is -2.08. The molecular formula is C19H19ClN2O5. The van der Waals surface area contributed by atoms with Crippen LogP contribution in [0, 0.1) is 10.1 Å². The number of benzene rings is 2. The van der Waals surface area contributed by atoms with Crippen molar-refractivity contribution in [3.63, 3.8) is 0 Å². The van der Waals surface area contributed by atoms with Gasteiger partial charge in [0.25, 0.3) is 5.69 Å². The Morgan fingerprint density at radius 2 is 2.04 bits per heavy atom. The van der Waals surface area contributed by atoms with E-state index in [1.165, 1.54) is 24.3 Å². The second-order valence-electron chi connectivity index (χ2n) is 5.50. The second-order valence-corrected chi connectivity index (χ2v) is 5.91. The summed E-state index contributed by atoms with van der Waals surface area (Å²) in [5, 5.41) is 13.5. The maximum Gasteiger partial charge on any atom is 0.289 e. The number of carbonyl (C=O) groups is 1. The van der Waals surface area contributed by atoms with Gasteiger partial charge in [0.2, 0.25) is 5.91 Å². The van der Waals surface area contributed by atoms with Crippen LogP contribution in [0.15, 0.2) is 42.5 Å². The Labute approximate surface area is 161 Å². The minimum Gasteiger partial charge on any atom is -0.493 e. The van der Waals surface area contributed by atoms with Crippen molar-refractivity contribution < 1.29 is 19.2 Å². The number of carbonyl (C=O) groups excluding carboxylic acids is 1. The first-order chi connectivity index (χ1) is 12.9. The van der Waals surface area contributed by atoms with Crippen LogP contribution in [0.3, 0.4) is 0 Å². The molecule has 0 unspecified atom stereocenters. The zero-order valence-electron chi connectivity index (χ0n) is 14.9. The summed E-state index contributed by atoms with van der Waals surface area (Å²) >= 11 is 5.75. The first-order valence-corrected chi connectivity index (χ1v) is 8.56. The van der Waals surface area contributed by atoms with E-state index in [2.05, 4.69) is 5.32 Å². The number of nitrogens with zero attached hydrogens (tertiary/aromatic N) is 1. The van der Waals surface area contributed by atoms with Crippen LogP contribution < -0.4 is 14.8 Å². The highest BCUT2D eigenvalue weighted by Crippen LogP contribution is 2.29. The summed E-state index contributed by atoms with van der Waals surface area (Å²) in [4.78, 5) is 22.3. The number of hydrogen-bond acceptors (Lipinski definition) is 5. The van der Waals surface area contributed by atoms with Crippen LogP contribution in [0.25, 0.3) is 6.08 Å². The molecule has 2 rings (SSSR count). The molecule has 1 N–H and O–H groups in total. The SMILES string of the molecule is CCCOc1ccc(/C=C/C(=O)Nc2ccc(Cl)c([N+](=O)[O-])c2)cc1OC. The fourth-order valence-corrected chi connectivity index (χ4v) is 2.39. The van der Waals surface area contributed by atoms with Gasteiger partial charge in [0.05, 0.1) is 18.6 Å². The third kappa shape index (κ3) is 5.72. The summed E-state index contributed by atoms with van der Waals surface area (Å²) in [5.74, 6) is 0.769. The first kappa shape index (κ1) is 20.3. The second kappa shape index (κ2) is 9.59. The largest absolute Gasteiger partial charge is 0.493 e. The van der Waals surface area contributed by atoms with E-state index in [1.807, 2.05) is 6.92 Å². The summed E-state index contributed by atoms with van der Waals surface area (Å²) < 4.78 is 10.9. The Bertz CT molecular complexity index is 867. The lowest BCUT2D eigenvalue weighted by molar-refractivity contribution is -0.384. The fraction of sp³-hybridized carbons (Fsp3) is 0.211. The molecule has 0 radical (unpaired) electrons. The molecular weight excluding hydrogens is 372 g/mol. The molecule has 0 aliphatic heterocycles. The number of methoxy groups -OCH3 is 1. The maximum atomic E-state index is 12.1. The molecule has 0 aliphatic carbocycles. The van der Waals surface area contributed by atoms with Crippen molar-refractivity contribution in [2.24, 2.45) is 0 Å². The number of amides is 1. The van der Waals surface area contributed by atoms with Crippen LogP contribution in [0.5, 0.6) is 11.5 Å². The van der Waals surface area contributed by atoms with Crippen molar-refractivity contribution in [2.45, 2.75) is 13.3 Å². The highest BCUT2D eigenvalue weighted by molar-refractivity contribution is 6.32. The van der Waals surface area contributed by atoms with Crippen LogP contribution in [-0.2, 0) is 4.79 Å². The minimum atomic E-state index is -0.609. The number of nitro benzene ring substituents is 1. The zero-order valence-corrected chi connectivity index (χ0v) is 15.7. The smallest absolute Gasteiger partial charge is 0.289 e. The molecule has 0 heterocycles. The quantitative estimate of drug-likeness (QED) is 0.401. The highest BCUT2D eigenvalue weighted by atomic mass is 35.5. The van der Waals surface area contributed by atoms with E-state index in [0.717, 1.165) is 12.0 Å². The van der Waals surface area contributed by atoms with Crippen molar-refractivity contribution in [3.05, 3.63) is 63.2 Å². The Morgan fingerprint density at radius 1 is 1.26 bits per heavy atom. The molecule has 0 spiro atoms. The Morgan fingerprint density at radius 3 is 2.70 bits per heavy atom. The van der Waals surface area contributed by atoms with Gasteiger partial charge in [-0.25, -0.2) is 0 Å². The van der Waals surface area contributed by atoms with Gasteiger partial charge < -0.3 is 14.8 Å². The van der Waals surface area contributed by atoms with Crippen molar-refractivity contribution in [3.8, 4) is 11.5 Å². The van der Waals surface area contributed by atoms with E-state index in [4.69, 9.17) is 21.1 Å². The normalized spacial score (nSPS) is 10.6.